The third kappa shape index (κ3) is 2.50. The maximum atomic E-state index is 11.3. The predicted octanol–water partition coefficient (Wildman–Crippen LogP) is 3.82. The van der Waals surface area contributed by atoms with Crippen molar-refractivity contribution < 1.29 is 9.53 Å². The minimum Gasteiger partial charge on any atom is -0.493 e. The quantitative estimate of drug-likeness (QED) is 0.764. The Labute approximate surface area is 114 Å². The minimum atomic E-state index is 0.489. The molecule has 2 rings (SSSR count). The number of hydrogen-bond acceptors (Lipinski definition) is 2. The number of rotatable bonds is 5. The van der Waals surface area contributed by atoms with Crippen LogP contribution in [0.15, 0.2) is 18.2 Å². The molecule has 2 aromatic rings. The molecular weight excluding hydrogens is 238 g/mol. The van der Waals surface area contributed by atoms with E-state index in [0.717, 1.165) is 40.7 Å². The maximum Gasteiger partial charge on any atom is 0.152 e. The van der Waals surface area contributed by atoms with Gasteiger partial charge in [0, 0.05) is 28.7 Å². The van der Waals surface area contributed by atoms with Gasteiger partial charge >= 0.3 is 0 Å². The SMILES string of the molecule is CCn1c(C)c(C=O)c2cc(OCC(C)C)ccc21. The van der Waals surface area contributed by atoms with Crippen LogP contribution in [0.1, 0.15) is 36.8 Å². The molecule has 0 fully saturated rings. The summed E-state index contributed by atoms with van der Waals surface area (Å²) in [5, 5.41) is 0.982. The largest absolute Gasteiger partial charge is 0.493 e. The molecule has 0 N–H and O–H groups in total. The summed E-state index contributed by atoms with van der Waals surface area (Å²) in [5.41, 5.74) is 2.89. The first-order valence-electron chi connectivity index (χ1n) is 6.79. The van der Waals surface area contributed by atoms with Gasteiger partial charge in [-0.05, 0) is 38.0 Å². The van der Waals surface area contributed by atoms with Gasteiger partial charge in [0.1, 0.15) is 5.75 Å². The molecular formula is C16H21NO2. The third-order valence-corrected chi connectivity index (χ3v) is 3.36. The first-order valence-corrected chi connectivity index (χ1v) is 6.79. The molecule has 0 bridgehead atoms. The Hall–Kier alpha value is -1.77. The Morgan fingerprint density at radius 1 is 1.37 bits per heavy atom. The van der Waals surface area contributed by atoms with Crippen LogP contribution in [-0.2, 0) is 6.54 Å². The van der Waals surface area contributed by atoms with Crippen LogP contribution in [0.3, 0.4) is 0 Å². The molecule has 0 amide bonds. The van der Waals surface area contributed by atoms with Crippen molar-refractivity contribution in [2.45, 2.75) is 34.2 Å². The Kier molecular flexibility index (Phi) is 3.93. The van der Waals surface area contributed by atoms with Crippen molar-refractivity contribution in [3.63, 3.8) is 0 Å². The number of nitrogens with zero attached hydrogens (tertiary/aromatic N) is 1. The normalized spacial score (nSPS) is 11.2. The second kappa shape index (κ2) is 5.47. The van der Waals surface area contributed by atoms with Crippen molar-refractivity contribution in [1.29, 1.82) is 0 Å². The summed E-state index contributed by atoms with van der Waals surface area (Å²) >= 11 is 0. The van der Waals surface area contributed by atoms with E-state index < -0.39 is 0 Å². The summed E-state index contributed by atoms with van der Waals surface area (Å²) in [6, 6.07) is 5.99. The summed E-state index contributed by atoms with van der Waals surface area (Å²) in [6.07, 6.45) is 0.941. The molecule has 3 nitrogen and oxygen atoms in total. The standard InChI is InChI=1S/C16H21NO2/c1-5-17-12(4)15(9-18)14-8-13(6-7-16(14)17)19-10-11(2)3/h6-9,11H,5,10H2,1-4H3. The van der Waals surface area contributed by atoms with Gasteiger partial charge in [-0.2, -0.15) is 0 Å². The first-order chi connectivity index (χ1) is 9.08. The molecule has 1 aromatic carbocycles. The fraction of sp³-hybridized carbons (Fsp3) is 0.438. The highest BCUT2D eigenvalue weighted by atomic mass is 16.5. The Balaban J connectivity index is 2.49. The molecule has 1 heterocycles. The summed E-state index contributed by atoms with van der Waals surface area (Å²) in [5.74, 6) is 1.32. The van der Waals surface area contributed by atoms with Gasteiger partial charge in [-0.3, -0.25) is 4.79 Å². The molecule has 0 aliphatic rings. The van der Waals surface area contributed by atoms with E-state index in [0.29, 0.717) is 12.5 Å². The minimum absolute atomic E-state index is 0.489. The molecule has 3 heteroatoms. The van der Waals surface area contributed by atoms with Crippen LogP contribution >= 0.6 is 0 Å². The second-order valence-corrected chi connectivity index (χ2v) is 5.25. The molecule has 0 unspecified atom stereocenters. The number of hydrogen-bond donors (Lipinski definition) is 0. The van der Waals surface area contributed by atoms with Gasteiger partial charge in [-0.25, -0.2) is 0 Å². The lowest BCUT2D eigenvalue weighted by Crippen LogP contribution is -2.04. The average Bonchev–Trinajstić information content (AvgIpc) is 2.66. The van der Waals surface area contributed by atoms with E-state index in [1.807, 2.05) is 25.1 Å². The lowest BCUT2D eigenvalue weighted by atomic mass is 10.1. The molecule has 0 aliphatic carbocycles. The predicted molar refractivity (Wildman–Crippen MR) is 78.1 cm³/mol. The average molecular weight is 259 g/mol. The van der Waals surface area contributed by atoms with Gasteiger partial charge in [0.05, 0.1) is 6.61 Å². The molecule has 0 aliphatic heterocycles. The number of benzene rings is 1. The highest BCUT2D eigenvalue weighted by Crippen LogP contribution is 2.28. The number of carbonyl (C=O) groups excluding carboxylic acids is 1. The Morgan fingerprint density at radius 2 is 2.11 bits per heavy atom. The van der Waals surface area contributed by atoms with Gasteiger partial charge in [-0.1, -0.05) is 13.8 Å². The second-order valence-electron chi connectivity index (χ2n) is 5.25. The summed E-state index contributed by atoms with van der Waals surface area (Å²) in [6.45, 7) is 9.87. The van der Waals surface area contributed by atoms with Gasteiger partial charge in [0.15, 0.2) is 6.29 Å². The van der Waals surface area contributed by atoms with E-state index in [1.165, 1.54) is 0 Å². The Morgan fingerprint density at radius 3 is 2.68 bits per heavy atom. The van der Waals surface area contributed by atoms with E-state index >= 15 is 0 Å². The fourth-order valence-electron chi connectivity index (χ4n) is 2.40. The van der Waals surface area contributed by atoms with Crippen molar-refractivity contribution in [1.82, 2.24) is 4.57 Å². The maximum absolute atomic E-state index is 11.3. The smallest absolute Gasteiger partial charge is 0.152 e. The van der Waals surface area contributed by atoms with Crippen LogP contribution in [0.25, 0.3) is 10.9 Å². The third-order valence-electron chi connectivity index (χ3n) is 3.36. The van der Waals surface area contributed by atoms with Crippen LogP contribution in [0.4, 0.5) is 0 Å². The van der Waals surface area contributed by atoms with Crippen molar-refractivity contribution in [3.05, 3.63) is 29.5 Å². The van der Waals surface area contributed by atoms with E-state index in [-0.39, 0.29) is 0 Å². The van der Waals surface area contributed by atoms with Crippen LogP contribution in [0, 0.1) is 12.8 Å². The van der Waals surface area contributed by atoms with E-state index in [2.05, 4.69) is 25.3 Å². The molecule has 0 radical (unpaired) electrons. The van der Waals surface area contributed by atoms with E-state index in [1.54, 1.807) is 0 Å². The van der Waals surface area contributed by atoms with Gasteiger partial charge in [-0.15, -0.1) is 0 Å². The van der Waals surface area contributed by atoms with Crippen molar-refractivity contribution in [2.75, 3.05) is 6.61 Å². The van der Waals surface area contributed by atoms with E-state index in [9.17, 15) is 4.79 Å². The van der Waals surface area contributed by atoms with Crippen LogP contribution in [-0.4, -0.2) is 17.5 Å². The highest BCUT2D eigenvalue weighted by molar-refractivity contribution is 6.00. The lowest BCUT2D eigenvalue weighted by Gasteiger charge is -2.09. The van der Waals surface area contributed by atoms with Crippen LogP contribution < -0.4 is 4.74 Å². The van der Waals surface area contributed by atoms with Gasteiger partial charge in [0.2, 0.25) is 0 Å². The number of aldehydes is 1. The first kappa shape index (κ1) is 13.7. The molecule has 1 aromatic heterocycles. The van der Waals surface area contributed by atoms with Crippen LogP contribution in [0.5, 0.6) is 5.75 Å². The van der Waals surface area contributed by atoms with Crippen LogP contribution in [0.2, 0.25) is 0 Å². The number of ether oxygens (including phenoxy) is 1. The van der Waals surface area contributed by atoms with Crippen molar-refractivity contribution in [3.8, 4) is 5.75 Å². The molecule has 0 saturated heterocycles. The fourth-order valence-corrected chi connectivity index (χ4v) is 2.40. The summed E-state index contributed by atoms with van der Waals surface area (Å²) in [4.78, 5) is 11.3. The molecule has 19 heavy (non-hydrogen) atoms. The lowest BCUT2D eigenvalue weighted by molar-refractivity contribution is 0.112. The number of aryl methyl sites for hydroxylation is 1. The zero-order valence-electron chi connectivity index (χ0n) is 12.1. The van der Waals surface area contributed by atoms with Gasteiger partial charge < -0.3 is 9.30 Å². The summed E-state index contributed by atoms with van der Waals surface area (Å²) < 4.78 is 7.89. The number of fused-ring (bicyclic) bond motifs is 1. The summed E-state index contributed by atoms with van der Waals surface area (Å²) in [7, 11) is 0. The number of carbonyl (C=O) groups is 1. The topological polar surface area (TPSA) is 31.2 Å². The van der Waals surface area contributed by atoms with E-state index in [4.69, 9.17) is 4.74 Å². The zero-order valence-corrected chi connectivity index (χ0v) is 12.1. The number of aromatic nitrogens is 1. The monoisotopic (exact) mass is 259 g/mol. The van der Waals surface area contributed by atoms with Gasteiger partial charge in [0.25, 0.3) is 0 Å². The molecule has 102 valence electrons. The van der Waals surface area contributed by atoms with Crippen molar-refractivity contribution >= 4 is 17.2 Å². The van der Waals surface area contributed by atoms with Crippen molar-refractivity contribution in [2.24, 2.45) is 5.92 Å². The molecule has 0 atom stereocenters. The Bertz CT molecular complexity index is 596. The molecule has 0 spiro atoms. The highest BCUT2D eigenvalue weighted by Gasteiger charge is 2.13. The zero-order chi connectivity index (χ0) is 14.0. The molecule has 0 saturated carbocycles.